The fourth-order valence-corrected chi connectivity index (χ4v) is 2.58. The molecule has 23 heavy (non-hydrogen) atoms. The van der Waals surface area contributed by atoms with Crippen LogP contribution in [0.2, 0.25) is 0 Å². The van der Waals surface area contributed by atoms with Crippen LogP contribution in [0.25, 0.3) is 0 Å². The smallest absolute Gasteiger partial charge is 0.0716 e. The fraction of sp³-hybridized carbons (Fsp3) is 0.429. The molecule has 2 nitrogen and oxygen atoms in total. The summed E-state index contributed by atoms with van der Waals surface area (Å²) in [5.41, 5.74) is 2.63. The second kappa shape index (κ2) is 11.9. The zero-order valence-corrected chi connectivity index (χ0v) is 14.0. The minimum atomic E-state index is 0.740. The minimum Gasteiger partial charge on any atom is -0.377 e. The average molecular weight is 311 g/mol. The molecule has 0 aliphatic rings. The van der Waals surface area contributed by atoms with Gasteiger partial charge in [-0.3, -0.25) is 0 Å². The third kappa shape index (κ3) is 8.53. The van der Waals surface area contributed by atoms with E-state index >= 15 is 0 Å². The molecule has 0 saturated heterocycles. The van der Waals surface area contributed by atoms with Gasteiger partial charge >= 0.3 is 0 Å². The molecule has 0 spiro atoms. The second-order valence-electron chi connectivity index (χ2n) is 5.97. The lowest BCUT2D eigenvalue weighted by molar-refractivity contribution is 0.116. The summed E-state index contributed by atoms with van der Waals surface area (Å²) in [6, 6.07) is 21.0. The molecular formula is C21H29NO. The normalized spacial score (nSPS) is 10.8. The summed E-state index contributed by atoms with van der Waals surface area (Å²) in [5, 5.41) is 3.51. The molecule has 2 rings (SSSR count). The predicted molar refractivity (Wildman–Crippen MR) is 97.3 cm³/mol. The van der Waals surface area contributed by atoms with Gasteiger partial charge in [-0.25, -0.2) is 0 Å². The lowest BCUT2D eigenvalue weighted by atomic mass is 10.1. The summed E-state index contributed by atoms with van der Waals surface area (Å²) in [6.07, 6.45) is 6.32. The molecule has 0 bridgehead atoms. The highest BCUT2D eigenvalue weighted by Gasteiger charge is 1.94. The van der Waals surface area contributed by atoms with Crippen LogP contribution in [0.4, 0.5) is 0 Å². The van der Waals surface area contributed by atoms with Crippen LogP contribution in [0.3, 0.4) is 0 Å². The maximum atomic E-state index is 5.70. The number of nitrogens with one attached hydrogen (secondary N) is 1. The quantitative estimate of drug-likeness (QED) is 0.560. The Labute approximate surface area is 140 Å². The highest BCUT2D eigenvalue weighted by Crippen LogP contribution is 2.05. The Morgan fingerprint density at radius 3 is 2.00 bits per heavy atom. The highest BCUT2D eigenvalue weighted by atomic mass is 16.5. The van der Waals surface area contributed by atoms with Crippen LogP contribution in [0.5, 0.6) is 0 Å². The van der Waals surface area contributed by atoms with Crippen LogP contribution < -0.4 is 5.32 Å². The number of benzene rings is 2. The van der Waals surface area contributed by atoms with Gasteiger partial charge in [0.25, 0.3) is 0 Å². The Morgan fingerprint density at radius 1 is 0.652 bits per heavy atom. The summed E-state index contributed by atoms with van der Waals surface area (Å²) in [7, 11) is 0. The first-order chi connectivity index (χ1) is 11.4. The Bertz CT molecular complexity index is 450. The largest absolute Gasteiger partial charge is 0.377 e. The van der Waals surface area contributed by atoms with Crippen molar-refractivity contribution in [3.63, 3.8) is 0 Å². The van der Waals surface area contributed by atoms with Gasteiger partial charge in [0.1, 0.15) is 0 Å². The average Bonchev–Trinajstić information content (AvgIpc) is 2.61. The van der Waals surface area contributed by atoms with E-state index in [-0.39, 0.29) is 0 Å². The lowest BCUT2D eigenvalue weighted by Gasteiger charge is -2.06. The van der Waals surface area contributed by atoms with Gasteiger partial charge in [-0.2, -0.15) is 0 Å². The van der Waals surface area contributed by atoms with Crippen molar-refractivity contribution in [3.05, 3.63) is 71.8 Å². The van der Waals surface area contributed by atoms with Crippen LogP contribution >= 0.6 is 0 Å². The zero-order chi connectivity index (χ0) is 16.0. The van der Waals surface area contributed by atoms with Crippen molar-refractivity contribution < 1.29 is 4.74 Å². The van der Waals surface area contributed by atoms with Gasteiger partial charge in [0.05, 0.1) is 6.61 Å². The van der Waals surface area contributed by atoms with E-state index in [1.54, 1.807) is 0 Å². The van der Waals surface area contributed by atoms with Gasteiger partial charge in [0, 0.05) is 13.2 Å². The Balaban J connectivity index is 1.34. The predicted octanol–water partition coefficient (Wildman–Crippen LogP) is 4.94. The van der Waals surface area contributed by atoms with Gasteiger partial charge in [-0.1, -0.05) is 79.9 Å². The van der Waals surface area contributed by atoms with Crippen molar-refractivity contribution in [1.29, 1.82) is 0 Å². The van der Waals surface area contributed by atoms with Gasteiger partial charge in [0.2, 0.25) is 0 Å². The van der Waals surface area contributed by atoms with Gasteiger partial charge < -0.3 is 10.1 Å². The molecule has 0 heterocycles. The van der Waals surface area contributed by atoms with E-state index in [1.807, 2.05) is 6.07 Å². The van der Waals surface area contributed by atoms with E-state index in [0.717, 1.165) is 26.3 Å². The second-order valence-corrected chi connectivity index (χ2v) is 5.97. The molecule has 2 heteroatoms. The number of ether oxygens (including phenoxy) is 1. The maximum Gasteiger partial charge on any atom is 0.0716 e. The molecule has 0 aliphatic heterocycles. The van der Waals surface area contributed by atoms with E-state index in [9.17, 15) is 0 Å². The maximum absolute atomic E-state index is 5.70. The van der Waals surface area contributed by atoms with Crippen molar-refractivity contribution in [1.82, 2.24) is 5.32 Å². The molecule has 124 valence electrons. The van der Waals surface area contributed by atoms with Crippen molar-refractivity contribution in [2.75, 3.05) is 13.2 Å². The summed E-state index contributed by atoms with van der Waals surface area (Å²) in [6.45, 7) is 3.71. The molecule has 0 aromatic heterocycles. The first-order valence-corrected chi connectivity index (χ1v) is 8.81. The monoisotopic (exact) mass is 311 g/mol. The number of hydrogen-bond acceptors (Lipinski definition) is 2. The summed E-state index contributed by atoms with van der Waals surface area (Å²) >= 11 is 0. The number of unbranched alkanes of at least 4 members (excludes halogenated alkanes) is 4. The molecule has 1 N–H and O–H groups in total. The SMILES string of the molecule is c1ccc(CNCCCCCCCOCc2ccccc2)cc1. The van der Waals surface area contributed by atoms with Gasteiger partial charge in [0.15, 0.2) is 0 Å². The Morgan fingerprint density at radius 2 is 1.26 bits per heavy atom. The topological polar surface area (TPSA) is 21.3 Å². The summed E-state index contributed by atoms with van der Waals surface area (Å²) < 4.78 is 5.70. The van der Waals surface area contributed by atoms with E-state index < -0.39 is 0 Å². The van der Waals surface area contributed by atoms with E-state index in [2.05, 4.69) is 59.9 Å². The van der Waals surface area contributed by atoms with Crippen molar-refractivity contribution >= 4 is 0 Å². The fourth-order valence-electron chi connectivity index (χ4n) is 2.58. The van der Waals surface area contributed by atoms with Crippen LogP contribution in [-0.4, -0.2) is 13.2 Å². The van der Waals surface area contributed by atoms with Crippen LogP contribution in [0, 0.1) is 0 Å². The van der Waals surface area contributed by atoms with Crippen molar-refractivity contribution in [2.45, 2.75) is 45.3 Å². The standard InChI is InChI=1S/C21H29NO/c1(2-10-16-22-18-20-12-6-4-7-13-20)3-11-17-23-19-21-14-8-5-9-15-21/h4-9,12-15,22H,1-3,10-11,16-19H2. The molecule has 2 aromatic rings. The third-order valence-corrected chi connectivity index (χ3v) is 3.93. The third-order valence-electron chi connectivity index (χ3n) is 3.93. The van der Waals surface area contributed by atoms with Crippen LogP contribution in [0.15, 0.2) is 60.7 Å². The molecule has 0 saturated carbocycles. The van der Waals surface area contributed by atoms with Gasteiger partial charge in [-0.15, -0.1) is 0 Å². The molecule has 0 aliphatic carbocycles. The molecule has 0 atom stereocenters. The molecule has 0 amide bonds. The zero-order valence-electron chi connectivity index (χ0n) is 14.0. The lowest BCUT2D eigenvalue weighted by Crippen LogP contribution is -2.14. The first-order valence-electron chi connectivity index (χ1n) is 8.81. The molecule has 0 fully saturated rings. The molecule has 2 aromatic carbocycles. The molecule has 0 unspecified atom stereocenters. The molecular weight excluding hydrogens is 282 g/mol. The summed E-state index contributed by atoms with van der Waals surface area (Å²) in [4.78, 5) is 0. The van der Waals surface area contributed by atoms with Crippen LogP contribution in [-0.2, 0) is 17.9 Å². The summed E-state index contributed by atoms with van der Waals surface area (Å²) in [5.74, 6) is 0. The molecule has 0 radical (unpaired) electrons. The minimum absolute atomic E-state index is 0.740. The van der Waals surface area contributed by atoms with E-state index in [0.29, 0.717) is 0 Å². The van der Waals surface area contributed by atoms with Crippen molar-refractivity contribution in [3.8, 4) is 0 Å². The van der Waals surface area contributed by atoms with Crippen molar-refractivity contribution in [2.24, 2.45) is 0 Å². The number of hydrogen-bond donors (Lipinski definition) is 1. The van der Waals surface area contributed by atoms with E-state index in [4.69, 9.17) is 4.74 Å². The van der Waals surface area contributed by atoms with E-state index in [1.165, 1.54) is 43.2 Å². The van der Waals surface area contributed by atoms with Gasteiger partial charge in [-0.05, 0) is 30.5 Å². The first kappa shape index (κ1) is 17.7. The highest BCUT2D eigenvalue weighted by molar-refractivity contribution is 5.14. The Kier molecular flexibility index (Phi) is 9.14. The number of rotatable bonds is 12. The Hall–Kier alpha value is -1.64. The van der Waals surface area contributed by atoms with Crippen LogP contribution in [0.1, 0.15) is 43.2 Å².